The number of aromatic nitrogens is 4. The molecular formula is C36H42N10O4. The molecule has 2 aromatic carbocycles. The lowest BCUT2D eigenvalue weighted by Gasteiger charge is -2.26. The second-order valence-corrected chi connectivity index (χ2v) is 11.4. The van der Waals surface area contributed by atoms with Crippen molar-refractivity contribution < 1.29 is 19.8 Å². The third-order valence-corrected chi connectivity index (χ3v) is 7.51. The maximum atomic E-state index is 11.7. The number of benzene rings is 2. The van der Waals surface area contributed by atoms with Gasteiger partial charge >= 0.3 is 11.9 Å². The van der Waals surface area contributed by atoms with Crippen molar-refractivity contribution in [1.29, 1.82) is 0 Å². The normalized spacial score (nSPS) is 12.6. The van der Waals surface area contributed by atoms with E-state index in [0.29, 0.717) is 63.8 Å². The molecule has 0 fully saturated rings. The molecule has 0 aliphatic carbocycles. The van der Waals surface area contributed by atoms with E-state index in [9.17, 15) is 19.8 Å². The number of carbonyl (C=O) groups is 2. The number of aliphatic imine (C=N–C) groups is 2. The average molecular weight is 679 g/mol. The standard InChI is InChI=1S/C36H42N10O4/c1-2-10-33(35(47)48)39-17-18-44(26-32-27-46(43-42-32)23-29-13-7-4-8-14-29)19-20-45(24-30-15-9-16-34(40-30)36(49)50)25-31(41-37)22-38-21-28-11-5-3-6-12-28/h2-9,11-17,22,27,33H,1,10,18-21,23-26,37H2,(H,47,48)(H,49,50)/b38-22?,39-17?,41-31+. The van der Waals surface area contributed by atoms with Crippen molar-refractivity contribution >= 4 is 30.1 Å². The largest absolute Gasteiger partial charge is 0.480 e. The molecule has 260 valence electrons. The molecule has 0 saturated heterocycles. The Balaban J connectivity index is 1.52. The van der Waals surface area contributed by atoms with Crippen molar-refractivity contribution in [2.45, 2.75) is 38.6 Å². The Hall–Kier alpha value is -5.86. The van der Waals surface area contributed by atoms with E-state index in [1.807, 2.05) is 71.8 Å². The summed E-state index contributed by atoms with van der Waals surface area (Å²) in [6.45, 7) is 7.01. The Bertz CT molecular complexity index is 1760. The molecule has 4 N–H and O–H groups in total. The summed E-state index contributed by atoms with van der Waals surface area (Å²) in [5.74, 6) is 3.65. The van der Waals surface area contributed by atoms with Crippen LogP contribution in [-0.4, -0.2) is 102 Å². The van der Waals surface area contributed by atoms with E-state index in [4.69, 9.17) is 5.84 Å². The van der Waals surface area contributed by atoms with Gasteiger partial charge in [-0.3, -0.25) is 19.8 Å². The summed E-state index contributed by atoms with van der Waals surface area (Å²) in [6.07, 6.45) is 6.87. The van der Waals surface area contributed by atoms with Gasteiger partial charge in [0.05, 0.1) is 36.4 Å². The van der Waals surface area contributed by atoms with Crippen LogP contribution in [0.2, 0.25) is 0 Å². The maximum absolute atomic E-state index is 11.7. The molecule has 0 amide bonds. The van der Waals surface area contributed by atoms with Gasteiger partial charge in [0.25, 0.3) is 0 Å². The van der Waals surface area contributed by atoms with E-state index < -0.39 is 18.0 Å². The predicted octanol–water partition coefficient (Wildman–Crippen LogP) is 3.41. The lowest BCUT2D eigenvalue weighted by atomic mass is 10.2. The highest BCUT2D eigenvalue weighted by molar-refractivity contribution is 6.31. The number of rotatable bonds is 21. The zero-order valence-corrected chi connectivity index (χ0v) is 27.8. The van der Waals surface area contributed by atoms with Crippen molar-refractivity contribution in [2.75, 3.05) is 26.2 Å². The van der Waals surface area contributed by atoms with Crippen LogP contribution >= 0.6 is 0 Å². The molecule has 1 atom stereocenters. The van der Waals surface area contributed by atoms with Gasteiger partial charge in [0.15, 0.2) is 0 Å². The van der Waals surface area contributed by atoms with Crippen molar-refractivity contribution in [1.82, 2.24) is 29.8 Å². The lowest BCUT2D eigenvalue weighted by Crippen LogP contribution is -2.39. The molecule has 14 nitrogen and oxygen atoms in total. The number of nitrogens with two attached hydrogens (primary N) is 1. The van der Waals surface area contributed by atoms with Crippen LogP contribution in [0.25, 0.3) is 0 Å². The quantitative estimate of drug-likeness (QED) is 0.0510. The fraction of sp³-hybridized carbons (Fsp3) is 0.278. The molecule has 4 aromatic rings. The molecule has 50 heavy (non-hydrogen) atoms. The molecule has 1 unspecified atom stereocenters. The first-order chi connectivity index (χ1) is 24.3. The van der Waals surface area contributed by atoms with Crippen molar-refractivity contribution in [2.24, 2.45) is 20.9 Å². The minimum atomic E-state index is -1.11. The first kappa shape index (κ1) is 37.0. The molecule has 2 heterocycles. The molecule has 0 aliphatic heterocycles. The van der Waals surface area contributed by atoms with Gasteiger partial charge in [-0.05, 0) is 29.7 Å². The Morgan fingerprint density at radius 3 is 2.30 bits per heavy atom. The topological polar surface area (TPSA) is 188 Å². The van der Waals surface area contributed by atoms with E-state index in [-0.39, 0.29) is 12.1 Å². The fourth-order valence-corrected chi connectivity index (χ4v) is 4.99. The summed E-state index contributed by atoms with van der Waals surface area (Å²) in [7, 11) is 0. The highest BCUT2D eigenvalue weighted by Gasteiger charge is 2.17. The molecule has 0 spiro atoms. The monoisotopic (exact) mass is 678 g/mol. The fourth-order valence-electron chi connectivity index (χ4n) is 4.99. The second kappa shape index (κ2) is 19.8. The predicted molar refractivity (Wildman–Crippen MR) is 192 cm³/mol. The number of nitrogens with zero attached hydrogens (tertiary/aromatic N) is 9. The van der Waals surface area contributed by atoms with Crippen molar-refractivity contribution in [3.8, 4) is 0 Å². The van der Waals surface area contributed by atoms with Gasteiger partial charge in [-0.2, -0.15) is 5.10 Å². The minimum absolute atomic E-state index is 0.0523. The highest BCUT2D eigenvalue weighted by Crippen LogP contribution is 2.09. The Labute approximate surface area is 291 Å². The summed E-state index contributed by atoms with van der Waals surface area (Å²) in [4.78, 5) is 40.5. The third-order valence-electron chi connectivity index (χ3n) is 7.51. The molecular weight excluding hydrogens is 636 g/mol. The van der Waals surface area contributed by atoms with Crippen LogP contribution in [0.4, 0.5) is 0 Å². The first-order valence-corrected chi connectivity index (χ1v) is 16.1. The summed E-state index contributed by atoms with van der Waals surface area (Å²) in [6, 6.07) is 23.7. The van der Waals surface area contributed by atoms with Crippen molar-refractivity contribution in [3.05, 3.63) is 126 Å². The number of carboxylic acids is 2. The van der Waals surface area contributed by atoms with Gasteiger partial charge in [-0.15, -0.1) is 11.7 Å². The van der Waals surface area contributed by atoms with Gasteiger partial charge in [-0.1, -0.05) is 78.0 Å². The molecule has 0 radical (unpaired) electrons. The number of carboxylic acid groups (broad SMARTS) is 2. The van der Waals surface area contributed by atoms with E-state index in [1.54, 1.807) is 29.2 Å². The highest BCUT2D eigenvalue weighted by atomic mass is 16.4. The van der Waals surface area contributed by atoms with E-state index in [1.165, 1.54) is 12.1 Å². The molecule has 0 saturated carbocycles. The van der Waals surface area contributed by atoms with Gasteiger partial charge in [0, 0.05) is 51.7 Å². The van der Waals surface area contributed by atoms with Gasteiger partial charge in [0.1, 0.15) is 11.7 Å². The SMILES string of the molecule is C=CCC(N=CCN(CCN(C/C(C=NCc1ccccc1)=N/N)Cc1cccc(C(=O)O)n1)Cc1cn(Cc2ccccc2)nn1)C(=O)O. The summed E-state index contributed by atoms with van der Waals surface area (Å²) >= 11 is 0. The smallest absolute Gasteiger partial charge is 0.354 e. The lowest BCUT2D eigenvalue weighted by molar-refractivity contribution is -0.138. The number of hydrazone groups is 1. The molecule has 14 heteroatoms. The Morgan fingerprint density at radius 1 is 0.920 bits per heavy atom. The van der Waals surface area contributed by atoms with Gasteiger partial charge in [0.2, 0.25) is 0 Å². The van der Waals surface area contributed by atoms with E-state index >= 15 is 0 Å². The van der Waals surface area contributed by atoms with E-state index in [0.717, 1.165) is 16.8 Å². The first-order valence-electron chi connectivity index (χ1n) is 16.1. The number of aliphatic carboxylic acids is 1. The molecule has 2 aromatic heterocycles. The number of hydrogen-bond donors (Lipinski definition) is 3. The van der Waals surface area contributed by atoms with Crippen molar-refractivity contribution in [3.63, 3.8) is 0 Å². The number of aromatic carboxylic acids is 1. The average Bonchev–Trinajstić information content (AvgIpc) is 3.56. The van der Waals surface area contributed by atoms with Crippen LogP contribution in [0.1, 0.15) is 39.4 Å². The minimum Gasteiger partial charge on any atom is -0.480 e. The molecule has 0 aliphatic rings. The van der Waals surface area contributed by atoms with Crippen LogP contribution in [0.3, 0.4) is 0 Å². The van der Waals surface area contributed by atoms with Crippen LogP contribution in [0, 0.1) is 0 Å². The summed E-state index contributed by atoms with van der Waals surface area (Å²) in [5, 5.41) is 31.7. The second-order valence-electron chi connectivity index (χ2n) is 11.4. The van der Waals surface area contributed by atoms with Crippen LogP contribution in [0.15, 0.2) is 113 Å². The van der Waals surface area contributed by atoms with E-state index in [2.05, 4.69) is 41.9 Å². The van der Waals surface area contributed by atoms with Crippen LogP contribution in [-0.2, 0) is 31.0 Å². The maximum Gasteiger partial charge on any atom is 0.354 e. The third kappa shape index (κ3) is 12.6. The van der Waals surface area contributed by atoms with Crippen LogP contribution in [0.5, 0.6) is 0 Å². The van der Waals surface area contributed by atoms with Gasteiger partial charge in [-0.25, -0.2) is 19.3 Å². The summed E-state index contributed by atoms with van der Waals surface area (Å²) in [5.41, 5.74) is 3.91. The zero-order valence-electron chi connectivity index (χ0n) is 27.8. The summed E-state index contributed by atoms with van der Waals surface area (Å²) < 4.78 is 1.77. The Kier molecular flexibility index (Phi) is 14.7. The zero-order chi connectivity index (χ0) is 35.6. The van der Waals surface area contributed by atoms with Gasteiger partial charge < -0.3 is 16.1 Å². The number of pyridine rings is 1. The Morgan fingerprint density at radius 2 is 1.62 bits per heavy atom. The number of hydrogen-bond acceptors (Lipinski definition) is 11. The van der Waals surface area contributed by atoms with Crippen LogP contribution < -0.4 is 5.84 Å². The molecule has 0 bridgehead atoms. The molecule has 4 rings (SSSR count).